The van der Waals surface area contributed by atoms with Crippen LogP contribution in [0.15, 0.2) is 24.3 Å². The lowest BCUT2D eigenvalue weighted by Gasteiger charge is -2.29. The highest BCUT2D eigenvalue weighted by molar-refractivity contribution is 6.30. The maximum Gasteiger partial charge on any atom is 0.222 e. The summed E-state index contributed by atoms with van der Waals surface area (Å²) in [7, 11) is 1.85. The Kier molecular flexibility index (Phi) is 7.18. The zero-order valence-electron chi connectivity index (χ0n) is 14.1. The van der Waals surface area contributed by atoms with Gasteiger partial charge in [-0.1, -0.05) is 18.5 Å². The molecule has 0 aromatic heterocycles. The van der Waals surface area contributed by atoms with E-state index in [1.165, 1.54) is 12.8 Å². The van der Waals surface area contributed by atoms with Gasteiger partial charge in [-0.25, -0.2) is 0 Å². The molecule has 1 amide bonds. The summed E-state index contributed by atoms with van der Waals surface area (Å²) in [5.74, 6) is 2.09. The van der Waals surface area contributed by atoms with Crippen LogP contribution in [0.2, 0.25) is 5.02 Å². The summed E-state index contributed by atoms with van der Waals surface area (Å²) < 4.78 is 5.64. The second kappa shape index (κ2) is 9.14. The zero-order valence-corrected chi connectivity index (χ0v) is 14.8. The van der Waals surface area contributed by atoms with Crippen molar-refractivity contribution in [1.82, 2.24) is 10.2 Å². The molecule has 0 aliphatic carbocycles. The summed E-state index contributed by atoms with van der Waals surface area (Å²) in [6, 6.07) is 7.27. The molecule has 1 aromatic carbocycles. The van der Waals surface area contributed by atoms with Crippen LogP contribution in [0.1, 0.15) is 26.2 Å². The van der Waals surface area contributed by atoms with Gasteiger partial charge in [0, 0.05) is 18.5 Å². The number of hydrogen-bond donors (Lipinski definition) is 1. The summed E-state index contributed by atoms with van der Waals surface area (Å²) in [5.41, 5.74) is 0. The fraction of sp³-hybridized carbons (Fsp3) is 0.611. The van der Waals surface area contributed by atoms with Crippen LogP contribution in [-0.2, 0) is 4.79 Å². The van der Waals surface area contributed by atoms with Gasteiger partial charge in [0.25, 0.3) is 0 Å². The Morgan fingerprint density at radius 3 is 2.65 bits per heavy atom. The number of nitrogens with one attached hydrogen (secondary N) is 1. The number of hydrogen-bond acceptors (Lipinski definition) is 3. The molecule has 1 unspecified atom stereocenters. The number of nitrogens with zero attached hydrogens (tertiary/aromatic N) is 1. The Morgan fingerprint density at radius 2 is 2.00 bits per heavy atom. The molecule has 1 aromatic rings. The van der Waals surface area contributed by atoms with E-state index >= 15 is 0 Å². The van der Waals surface area contributed by atoms with Crippen molar-refractivity contribution in [2.24, 2.45) is 11.8 Å². The van der Waals surface area contributed by atoms with E-state index in [-0.39, 0.29) is 5.91 Å². The summed E-state index contributed by atoms with van der Waals surface area (Å²) in [5, 5.41) is 4.06. The molecule has 1 saturated heterocycles. The third-order valence-corrected chi connectivity index (χ3v) is 4.87. The number of carbonyl (C=O) groups excluding carboxylic acids is 1. The molecular weight excluding hydrogens is 312 g/mol. The quantitative estimate of drug-likeness (QED) is 0.830. The molecule has 1 heterocycles. The predicted molar refractivity (Wildman–Crippen MR) is 94.0 cm³/mol. The number of rotatable bonds is 7. The van der Waals surface area contributed by atoms with Crippen molar-refractivity contribution in [3.05, 3.63) is 29.3 Å². The van der Waals surface area contributed by atoms with Crippen LogP contribution in [-0.4, -0.2) is 44.1 Å². The first kappa shape index (κ1) is 18.1. The van der Waals surface area contributed by atoms with Crippen molar-refractivity contribution in [3.63, 3.8) is 0 Å². The lowest BCUT2D eigenvalue weighted by molar-refractivity contribution is -0.131. The lowest BCUT2D eigenvalue weighted by atomic mass is 9.84. The molecule has 0 spiro atoms. The molecule has 128 valence electrons. The van der Waals surface area contributed by atoms with Crippen molar-refractivity contribution in [2.45, 2.75) is 26.2 Å². The Morgan fingerprint density at radius 1 is 1.35 bits per heavy atom. The number of ether oxygens (including phenoxy) is 1. The van der Waals surface area contributed by atoms with Crippen molar-refractivity contribution >= 4 is 17.5 Å². The van der Waals surface area contributed by atoms with Gasteiger partial charge < -0.3 is 15.0 Å². The number of carbonyl (C=O) groups is 1. The highest BCUT2D eigenvalue weighted by Gasteiger charge is 2.23. The number of amides is 1. The van der Waals surface area contributed by atoms with E-state index in [1.54, 1.807) is 17.0 Å². The molecule has 1 N–H and O–H groups in total. The molecule has 1 atom stereocenters. The van der Waals surface area contributed by atoms with Gasteiger partial charge in [-0.15, -0.1) is 0 Å². The molecule has 4 nitrogen and oxygen atoms in total. The third kappa shape index (κ3) is 6.04. The average molecular weight is 339 g/mol. The predicted octanol–water partition coefficient (Wildman–Crippen LogP) is 3.20. The van der Waals surface area contributed by atoms with Crippen molar-refractivity contribution in [3.8, 4) is 5.75 Å². The maximum atomic E-state index is 12.3. The van der Waals surface area contributed by atoms with Crippen LogP contribution in [0.4, 0.5) is 0 Å². The van der Waals surface area contributed by atoms with Crippen LogP contribution in [0, 0.1) is 11.8 Å². The zero-order chi connectivity index (χ0) is 16.7. The number of piperidine rings is 1. The fourth-order valence-electron chi connectivity index (χ4n) is 2.97. The minimum atomic E-state index is 0.204. The topological polar surface area (TPSA) is 41.6 Å². The number of halogens is 1. The smallest absolute Gasteiger partial charge is 0.222 e. The molecule has 1 aliphatic heterocycles. The van der Waals surface area contributed by atoms with Crippen LogP contribution >= 0.6 is 11.6 Å². The molecule has 0 bridgehead atoms. The summed E-state index contributed by atoms with van der Waals surface area (Å²) in [6.07, 6.45) is 2.98. The highest BCUT2D eigenvalue weighted by Crippen LogP contribution is 2.24. The molecular formula is C18H27ClN2O2. The van der Waals surface area contributed by atoms with Crippen LogP contribution < -0.4 is 10.1 Å². The second-order valence-electron chi connectivity index (χ2n) is 6.39. The molecule has 0 radical (unpaired) electrons. The number of benzene rings is 1. The van der Waals surface area contributed by atoms with E-state index in [9.17, 15) is 4.79 Å². The molecule has 5 heteroatoms. The summed E-state index contributed by atoms with van der Waals surface area (Å²) in [4.78, 5) is 14.1. The normalized spacial score (nSPS) is 16.8. The Labute approximate surface area is 144 Å². The molecule has 1 aliphatic rings. The largest absolute Gasteiger partial charge is 0.492 e. The summed E-state index contributed by atoms with van der Waals surface area (Å²) >= 11 is 5.84. The van der Waals surface area contributed by atoms with Gasteiger partial charge in [-0.05, 0) is 62.0 Å². The SMILES string of the molecule is CC(CC(=O)N(C)CCOc1ccc(Cl)cc1)C1CCNCC1. The minimum Gasteiger partial charge on any atom is -0.492 e. The molecule has 0 saturated carbocycles. The first-order valence-corrected chi connectivity index (χ1v) is 8.77. The monoisotopic (exact) mass is 338 g/mol. The van der Waals surface area contributed by atoms with Crippen LogP contribution in [0.5, 0.6) is 5.75 Å². The van der Waals surface area contributed by atoms with Crippen molar-refractivity contribution < 1.29 is 9.53 Å². The minimum absolute atomic E-state index is 0.204. The van der Waals surface area contributed by atoms with Gasteiger partial charge in [0.2, 0.25) is 5.91 Å². The van der Waals surface area contributed by atoms with E-state index in [0.29, 0.717) is 36.4 Å². The third-order valence-electron chi connectivity index (χ3n) is 4.62. The summed E-state index contributed by atoms with van der Waals surface area (Å²) in [6.45, 7) is 5.44. The first-order chi connectivity index (χ1) is 11.1. The van der Waals surface area contributed by atoms with E-state index in [1.807, 2.05) is 19.2 Å². The number of likely N-dealkylation sites (N-methyl/N-ethyl adjacent to an activating group) is 1. The van der Waals surface area contributed by atoms with E-state index in [0.717, 1.165) is 18.8 Å². The van der Waals surface area contributed by atoms with Crippen molar-refractivity contribution in [2.75, 3.05) is 33.3 Å². The second-order valence-corrected chi connectivity index (χ2v) is 6.82. The van der Waals surface area contributed by atoms with Gasteiger partial charge in [-0.2, -0.15) is 0 Å². The van der Waals surface area contributed by atoms with Crippen molar-refractivity contribution in [1.29, 1.82) is 0 Å². The lowest BCUT2D eigenvalue weighted by Crippen LogP contribution is -2.35. The standard InChI is InChI=1S/C18H27ClN2O2/c1-14(15-7-9-20-10-8-15)13-18(22)21(2)11-12-23-17-5-3-16(19)4-6-17/h3-6,14-15,20H,7-13H2,1-2H3. The average Bonchev–Trinajstić information content (AvgIpc) is 2.57. The molecule has 2 rings (SSSR count). The van der Waals surface area contributed by atoms with Gasteiger partial charge in [0.1, 0.15) is 12.4 Å². The first-order valence-electron chi connectivity index (χ1n) is 8.39. The van der Waals surface area contributed by atoms with Gasteiger partial charge in [0.15, 0.2) is 0 Å². The fourth-order valence-corrected chi connectivity index (χ4v) is 3.09. The maximum absolute atomic E-state index is 12.3. The van der Waals surface area contributed by atoms with Gasteiger partial charge in [0.05, 0.1) is 6.54 Å². The van der Waals surface area contributed by atoms with E-state index in [2.05, 4.69) is 12.2 Å². The molecule has 23 heavy (non-hydrogen) atoms. The highest BCUT2D eigenvalue weighted by atomic mass is 35.5. The van der Waals surface area contributed by atoms with Gasteiger partial charge >= 0.3 is 0 Å². The van der Waals surface area contributed by atoms with Crippen LogP contribution in [0.25, 0.3) is 0 Å². The Hall–Kier alpha value is -1.26. The Bertz CT molecular complexity index is 486. The Balaban J connectivity index is 1.68. The molecule has 1 fully saturated rings. The van der Waals surface area contributed by atoms with E-state index < -0.39 is 0 Å². The van der Waals surface area contributed by atoms with E-state index in [4.69, 9.17) is 16.3 Å². The van der Waals surface area contributed by atoms with Crippen LogP contribution in [0.3, 0.4) is 0 Å². The van der Waals surface area contributed by atoms with Gasteiger partial charge in [-0.3, -0.25) is 4.79 Å².